The van der Waals surface area contributed by atoms with Gasteiger partial charge in [-0.05, 0) is 87.1 Å². The van der Waals surface area contributed by atoms with Crippen molar-refractivity contribution >= 4 is 56.3 Å². The van der Waals surface area contributed by atoms with E-state index < -0.39 is 11.9 Å². The molecule has 0 aromatic carbocycles. The lowest BCUT2D eigenvalue weighted by atomic mass is 9.98. The third kappa shape index (κ3) is 6.53. The average Bonchev–Trinajstić information content (AvgIpc) is 3.66. The lowest BCUT2D eigenvalue weighted by molar-refractivity contribution is -0.137. The molecule has 12 heteroatoms. The molecule has 0 aliphatic carbocycles. The SMILES string of the molecule is CC1=C(CCC(=O)O)c2cc3nc(cc4[nH]c(cc5[nH]c(cc1n2)c(C)c5OCCO)c(C)c4OCCO)C(C)=C3CCC(=O)O. The summed E-state index contributed by atoms with van der Waals surface area (Å²) in [6.07, 6.45) is 0.316. The molecule has 2 aliphatic heterocycles. The molecule has 6 N–H and O–H groups in total. The fourth-order valence-electron chi connectivity index (χ4n) is 5.82. The van der Waals surface area contributed by atoms with E-state index in [9.17, 15) is 30.0 Å². The number of hydrogen-bond donors (Lipinski definition) is 6. The predicted molar refractivity (Wildman–Crippen MR) is 174 cm³/mol. The van der Waals surface area contributed by atoms with E-state index in [4.69, 9.17) is 19.4 Å². The predicted octanol–water partition coefficient (Wildman–Crippen LogP) is 5.26. The van der Waals surface area contributed by atoms with Crippen LogP contribution in [0.25, 0.3) is 44.4 Å². The Balaban J connectivity index is 1.91. The molecular weight excluding hydrogens is 592 g/mol. The van der Waals surface area contributed by atoms with E-state index in [0.29, 0.717) is 45.3 Å². The first kappa shape index (κ1) is 32.5. The Morgan fingerprint density at radius 3 is 1.48 bits per heavy atom. The van der Waals surface area contributed by atoms with Crippen LogP contribution in [-0.2, 0) is 9.59 Å². The van der Waals surface area contributed by atoms with Crippen molar-refractivity contribution in [3.05, 3.63) is 58.2 Å². The van der Waals surface area contributed by atoms with Crippen molar-refractivity contribution in [3.8, 4) is 11.5 Å². The molecule has 3 aromatic rings. The number of ether oxygens (including phenoxy) is 2. The van der Waals surface area contributed by atoms with Crippen molar-refractivity contribution in [1.82, 2.24) is 19.9 Å². The van der Waals surface area contributed by atoms with Crippen molar-refractivity contribution in [2.75, 3.05) is 26.4 Å². The molecule has 12 nitrogen and oxygen atoms in total. The van der Waals surface area contributed by atoms with E-state index in [-0.39, 0.29) is 52.1 Å². The molecule has 0 unspecified atom stereocenters. The van der Waals surface area contributed by atoms with E-state index in [1.165, 1.54) is 0 Å². The van der Waals surface area contributed by atoms with Crippen molar-refractivity contribution in [2.24, 2.45) is 0 Å². The van der Waals surface area contributed by atoms with Crippen LogP contribution in [0.15, 0.2) is 24.3 Å². The van der Waals surface area contributed by atoms with Crippen molar-refractivity contribution in [3.63, 3.8) is 0 Å². The topological polar surface area (TPSA) is 191 Å². The van der Waals surface area contributed by atoms with Crippen LogP contribution >= 0.6 is 0 Å². The van der Waals surface area contributed by atoms with Gasteiger partial charge in [0, 0.05) is 35.0 Å². The number of carboxylic acid groups (broad SMARTS) is 2. The highest BCUT2D eigenvalue weighted by Crippen LogP contribution is 2.39. The van der Waals surface area contributed by atoms with Gasteiger partial charge in [-0.3, -0.25) is 9.59 Å². The van der Waals surface area contributed by atoms with Crippen LogP contribution in [0.2, 0.25) is 0 Å². The Morgan fingerprint density at radius 1 is 0.630 bits per heavy atom. The molecule has 0 radical (unpaired) electrons. The van der Waals surface area contributed by atoms with Crippen LogP contribution in [0, 0.1) is 13.8 Å². The number of aliphatic hydroxyl groups is 2. The highest BCUT2D eigenvalue weighted by atomic mass is 16.5. The summed E-state index contributed by atoms with van der Waals surface area (Å²) in [6, 6.07) is 7.42. The molecule has 3 aromatic heterocycles. The van der Waals surface area contributed by atoms with Crippen LogP contribution in [0.4, 0.5) is 0 Å². The number of H-pyrrole nitrogens is 2. The van der Waals surface area contributed by atoms with Gasteiger partial charge >= 0.3 is 11.9 Å². The molecule has 0 saturated heterocycles. The Hall–Kier alpha value is -4.94. The van der Waals surface area contributed by atoms with Crippen LogP contribution in [0.5, 0.6) is 11.5 Å². The summed E-state index contributed by atoms with van der Waals surface area (Å²) in [4.78, 5) is 39.8. The third-order valence-electron chi connectivity index (χ3n) is 8.27. The first-order valence-corrected chi connectivity index (χ1v) is 15.1. The maximum absolute atomic E-state index is 11.6. The molecule has 0 spiro atoms. The Morgan fingerprint density at radius 2 is 1.04 bits per heavy atom. The van der Waals surface area contributed by atoms with E-state index in [2.05, 4.69) is 9.97 Å². The molecular formula is C34H38N4O8. The largest absolute Gasteiger partial charge is 0.489 e. The second kappa shape index (κ2) is 13.6. The number of aliphatic hydroxyl groups excluding tert-OH is 2. The number of nitrogens with zero attached hydrogens (tertiary/aromatic N) is 2. The average molecular weight is 631 g/mol. The number of carbonyl (C=O) groups is 2. The van der Waals surface area contributed by atoms with Gasteiger partial charge in [0.1, 0.15) is 24.7 Å². The van der Waals surface area contributed by atoms with E-state index in [0.717, 1.165) is 44.5 Å². The number of hydrogen-bond acceptors (Lipinski definition) is 8. The molecule has 46 heavy (non-hydrogen) atoms. The zero-order chi connectivity index (χ0) is 33.1. The number of rotatable bonds is 12. The normalized spacial score (nSPS) is 13.0. The fourth-order valence-corrected chi connectivity index (χ4v) is 5.82. The van der Waals surface area contributed by atoms with Crippen molar-refractivity contribution < 1.29 is 39.5 Å². The molecule has 0 amide bonds. The van der Waals surface area contributed by atoms with E-state index in [1.54, 1.807) is 6.07 Å². The summed E-state index contributed by atoms with van der Waals surface area (Å²) in [5.74, 6) is -0.766. The molecule has 0 saturated carbocycles. The minimum atomic E-state index is -0.931. The second-order valence-electron chi connectivity index (χ2n) is 11.3. The van der Waals surface area contributed by atoms with Gasteiger partial charge in [0.2, 0.25) is 0 Å². The minimum Gasteiger partial charge on any atom is -0.489 e. The number of allylic oxidation sites excluding steroid dienone is 4. The summed E-state index contributed by atoms with van der Waals surface area (Å²) in [5, 5.41) is 38.0. The molecule has 8 bridgehead atoms. The van der Waals surface area contributed by atoms with Gasteiger partial charge < -0.3 is 39.9 Å². The fraction of sp³-hybridized carbons (Fsp3) is 0.353. The molecule has 242 valence electrons. The zero-order valence-electron chi connectivity index (χ0n) is 26.3. The molecule has 5 heterocycles. The number of nitrogens with one attached hydrogen (secondary N) is 2. The van der Waals surface area contributed by atoms with Crippen LogP contribution in [0.3, 0.4) is 0 Å². The summed E-state index contributed by atoms with van der Waals surface area (Å²) in [7, 11) is 0. The first-order chi connectivity index (χ1) is 22.0. The number of fused-ring (bicyclic) bond motifs is 8. The van der Waals surface area contributed by atoms with Gasteiger partial charge in [-0.15, -0.1) is 0 Å². The Bertz CT molecular complexity index is 1930. The first-order valence-electron chi connectivity index (χ1n) is 15.1. The highest BCUT2D eigenvalue weighted by molar-refractivity contribution is 5.96. The second-order valence-corrected chi connectivity index (χ2v) is 11.3. The van der Waals surface area contributed by atoms with Crippen LogP contribution < -0.4 is 9.47 Å². The van der Waals surface area contributed by atoms with Crippen molar-refractivity contribution in [2.45, 2.75) is 53.4 Å². The number of aliphatic carboxylic acids is 2. The van der Waals surface area contributed by atoms with Crippen LogP contribution in [-0.4, -0.2) is 78.7 Å². The van der Waals surface area contributed by atoms with Crippen LogP contribution in [0.1, 0.15) is 73.4 Å². The van der Waals surface area contributed by atoms with Gasteiger partial charge in [-0.1, -0.05) is 0 Å². The molecule has 0 fully saturated rings. The minimum absolute atomic E-state index is 0.0735. The molecule has 0 atom stereocenters. The maximum atomic E-state index is 11.6. The highest BCUT2D eigenvalue weighted by Gasteiger charge is 2.23. The summed E-state index contributed by atoms with van der Waals surface area (Å²) < 4.78 is 12.0. The van der Waals surface area contributed by atoms with Gasteiger partial charge in [0.15, 0.2) is 0 Å². The smallest absolute Gasteiger partial charge is 0.303 e. The number of aryl methyl sites for hydroxylation is 2. The molecule has 5 rings (SSSR count). The standard InChI is InChI=1S/C34H38N4O8/c1-17-21(5-7-31(41)42)27-16-28-22(6-8-32(43)44)18(2)24(36-28)14-29-34(46-12-10-40)20(4)26(38-29)15-30-33(45-11-9-39)19(3)25(37-30)13-23(17)35-27/h13-16,37-40H,5-12H2,1-4H3,(H,41,42)(H,43,44). The van der Waals surface area contributed by atoms with E-state index in [1.807, 2.05) is 45.9 Å². The third-order valence-corrected chi connectivity index (χ3v) is 8.27. The maximum Gasteiger partial charge on any atom is 0.303 e. The van der Waals surface area contributed by atoms with Gasteiger partial charge in [0.05, 0.1) is 47.0 Å². The number of aromatic amines is 2. The lowest BCUT2D eigenvalue weighted by Crippen LogP contribution is -2.02. The van der Waals surface area contributed by atoms with Gasteiger partial charge in [0.25, 0.3) is 0 Å². The molecule has 2 aliphatic rings. The lowest BCUT2D eigenvalue weighted by Gasteiger charge is -2.05. The number of aromatic nitrogens is 4. The quantitative estimate of drug-likeness (QED) is 0.154. The zero-order valence-corrected chi connectivity index (χ0v) is 26.3. The monoisotopic (exact) mass is 630 g/mol. The Kier molecular flexibility index (Phi) is 9.59. The van der Waals surface area contributed by atoms with Gasteiger partial charge in [-0.2, -0.15) is 0 Å². The van der Waals surface area contributed by atoms with E-state index >= 15 is 0 Å². The summed E-state index contributed by atoms with van der Waals surface area (Å²) in [5.41, 5.74) is 9.82. The Labute approximate surface area is 265 Å². The van der Waals surface area contributed by atoms with Gasteiger partial charge in [-0.25, -0.2) is 9.97 Å². The summed E-state index contributed by atoms with van der Waals surface area (Å²) >= 11 is 0. The summed E-state index contributed by atoms with van der Waals surface area (Å²) in [6.45, 7) is 7.42. The van der Waals surface area contributed by atoms with Crippen molar-refractivity contribution in [1.29, 1.82) is 0 Å². The number of carboxylic acids is 2.